The Morgan fingerprint density at radius 3 is 2.69 bits per heavy atom. The van der Waals surface area contributed by atoms with Gasteiger partial charge in [0.15, 0.2) is 11.4 Å². The number of hydrogen-bond donors (Lipinski definition) is 2. The first-order valence-corrected chi connectivity index (χ1v) is 11.5. The first kappa shape index (κ1) is 24.8. The Morgan fingerprint density at radius 1 is 1.23 bits per heavy atom. The summed E-state index contributed by atoms with van der Waals surface area (Å²) >= 11 is 12.4. The van der Waals surface area contributed by atoms with Gasteiger partial charge in [-0.25, -0.2) is 9.37 Å². The van der Waals surface area contributed by atoms with Crippen LogP contribution in [0.25, 0.3) is 22.1 Å². The number of nitrogens with zero attached hydrogens (tertiary/aromatic N) is 2. The van der Waals surface area contributed by atoms with E-state index in [0.717, 1.165) is 0 Å². The van der Waals surface area contributed by atoms with E-state index in [2.05, 4.69) is 15.3 Å². The molecule has 182 valence electrons. The lowest BCUT2D eigenvalue weighted by Gasteiger charge is -2.20. The molecule has 0 radical (unpaired) electrons. The molecule has 0 fully saturated rings. The second-order valence-electron chi connectivity index (χ2n) is 9.05. The molecule has 0 saturated heterocycles. The predicted octanol–water partition coefficient (Wildman–Crippen LogP) is 6.59. The molecule has 35 heavy (non-hydrogen) atoms. The van der Waals surface area contributed by atoms with Gasteiger partial charge < -0.3 is 20.2 Å². The molecule has 4 rings (SSSR count). The van der Waals surface area contributed by atoms with Crippen molar-refractivity contribution in [1.82, 2.24) is 15.3 Å². The maximum atomic E-state index is 14.0. The summed E-state index contributed by atoms with van der Waals surface area (Å²) in [4.78, 5) is 21.1. The van der Waals surface area contributed by atoms with Crippen molar-refractivity contribution in [2.24, 2.45) is 0 Å². The highest BCUT2D eigenvalue weighted by atomic mass is 35.5. The number of anilines is 1. The van der Waals surface area contributed by atoms with Crippen LogP contribution >= 0.6 is 23.2 Å². The van der Waals surface area contributed by atoms with Gasteiger partial charge in [-0.15, -0.1) is 0 Å². The zero-order chi connectivity index (χ0) is 25.5. The Labute approximate surface area is 211 Å². The van der Waals surface area contributed by atoms with Crippen molar-refractivity contribution in [3.05, 3.63) is 70.0 Å². The molecule has 0 saturated carbocycles. The average Bonchev–Trinajstić information content (AvgIpc) is 3.22. The van der Waals surface area contributed by atoms with Gasteiger partial charge in [0, 0.05) is 45.8 Å². The summed E-state index contributed by atoms with van der Waals surface area (Å²) in [6.45, 7) is 7.35. The third-order valence-corrected chi connectivity index (χ3v) is 5.90. The van der Waals surface area contributed by atoms with Crippen molar-refractivity contribution < 1.29 is 18.3 Å². The zero-order valence-corrected chi connectivity index (χ0v) is 21.0. The summed E-state index contributed by atoms with van der Waals surface area (Å²) in [5.41, 5.74) is 7.98. The number of furan rings is 1. The number of fused-ring (bicyclic) bond motifs is 1. The number of halogens is 3. The fourth-order valence-electron chi connectivity index (χ4n) is 3.59. The first-order valence-electron chi connectivity index (χ1n) is 10.7. The summed E-state index contributed by atoms with van der Waals surface area (Å²) in [5.74, 6) is -0.629. The molecule has 0 aliphatic rings. The first-order chi connectivity index (χ1) is 16.5. The zero-order valence-electron chi connectivity index (χ0n) is 19.4. The maximum Gasteiger partial charge on any atom is 0.253 e. The van der Waals surface area contributed by atoms with E-state index in [1.165, 1.54) is 24.6 Å². The van der Waals surface area contributed by atoms with E-state index in [9.17, 15) is 9.18 Å². The van der Waals surface area contributed by atoms with Gasteiger partial charge >= 0.3 is 0 Å². The van der Waals surface area contributed by atoms with Gasteiger partial charge in [-0.3, -0.25) is 9.78 Å². The van der Waals surface area contributed by atoms with Crippen LogP contribution < -0.4 is 15.8 Å². The molecule has 1 unspecified atom stereocenters. The van der Waals surface area contributed by atoms with Crippen LogP contribution in [0.1, 0.15) is 49.7 Å². The van der Waals surface area contributed by atoms with E-state index in [1.807, 2.05) is 20.8 Å². The van der Waals surface area contributed by atoms with Gasteiger partial charge in [0.25, 0.3) is 5.91 Å². The van der Waals surface area contributed by atoms with E-state index in [4.69, 9.17) is 38.1 Å². The van der Waals surface area contributed by atoms with Crippen LogP contribution in [0, 0.1) is 5.82 Å². The Morgan fingerprint density at radius 2 is 1.97 bits per heavy atom. The SMILES string of the molecule is CC(Oc1c(N)ncc2c(-c3cncc(C(=O)NC(C)(C)C)c3)coc12)c1c(Cl)ccc(F)c1Cl. The van der Waals surface area contributed by atoms with Gasteiger partial charge in [-0.2, -0.15) is 0 Å². The number of carbonyl (C=O) groups is 1. The number of carbonyl (C=O) groups excluding carboxylic acids is 1. The number of benzene rings is 1. The standard InChI is InChI=1S/C25H23Cl2FN4O3/c1-12(19-17(26)5-6-18(28)20(19)27)35-22-21-15(10-31-23(22)29)16(11-34-21)13-7-14(9-30-8-13)24(33)32-25(2,3)4/h5-12H,1-4H3,(H2,29,31)(H,32,33). The van der Waals surface area contributed by atoms with Crippen LogP contribution in [0.3, 0.4) is 0 Å². The molecule has 1 atom stereocenters. The smallest absolute Gasteiger partial charge is 0.253 e. The Balaban J connectivity index is 1.72. The van der Waals surface area contributed by atoms with E-state index >= 15 is 0 Å². The third-order valence-electron chi connectivity index (χ3n) is 5.18. The van der Waals surface area contributed by atoms with E-state index in [-0.39, 0.29) is 33.1 Å². The number of amides is 1. The number of ether oxygens (including phenoxy) is 1. The third kappa shape index (κ3) is 5.04. The highest BCUT2D eigenvalue weighted by Crippen LogP contribution is 2.41. The average molecular weight is 517 g/mol. The molecule has 10 heteroatoms. The number of hydrogen-bond acceptors (Lipinski definition) is 6. The number of pyridine rings is 2. The van der Waals surface area contributed by atoms with Gasteiger partial charge in [0.2, 0.25) is 5.75 Å². The van der Waals surface area contributed by atoms with Crippen LogP contribution in [0.15, 0.2) is 47.5 Å². The molecule has 1 aromatic carbocycles. The van der Waals surface area contributed by atoms with Crippen molar-refractivity contribution in [3.8, 4) is 16.9 Å². The topological polar surface area (TPSA) is 103 Å². The lowest BCUT2D eigenvalue weighted by molar-refractivity contribution is 0.0919. The predicted molar refractivity (Wildman–Crippen MR) is 134 cm³/mol. The quantitative estimate of drug-likeness (QED) is 0.290. The van der Waals surface area contributed by atoms with Crippen molar-refractivity contribution in [1.29, 1.82) is 0 Å². The molecule has 0 bridgehead atoms. The fourth-order valence-corrected chi connectivity index (χ4v) is 4.27. The maximum absolute atomic E-state index is 14.0. The lowest BCUT2D eigenvalue weighted by Crippen LogP contribution is -2.40. The monoisotopic (exact) mass is 516 g/mol. The molecule has 0 aliphatic heterocycles. The molecule has 0 spiro atoms. The summed E-state index contributed by atoms with van der Waals surface area (Å²) in [6, 6.07) is 4.30. The lowest BCUT2D eigenvalue weighted by atomic mass is 10.0. The van der Waals surface area contributed by atoms with Crippen molar-refractivity contribution in [3.63, 3.8) is 0 Å². The number of nitrogen functional groups attached to an aromatic ring is 1. The van der Waals surface area contributed by atoms with Gasteiger partial charge in [-0.1, -0.05) is 23.2 Å². The Hall–Kier alpha value is -3.36. The van der Waals surface area contributed by atoms with E-state index < -0.39 is 17.5 Å². The molecule has 0 aliphatic carbocycles. The number of nitrogens with two attached hydrogens (primary N) is 1. The molecule has 4 aromatic rings. The Bertz CT molecular complexity index is 1430. The molecule has 7 nitrogen and oxygen atoms in total. The second kappa shape index (κ2) is 9.36. The summed E-state index contributed by atoms with van der Waals surface area (Å²) in [5, 5.41) is 3.61. The van der Waals surface area contributed by atoms with Crippen LogP contribution in [-0.2, 0) is 0 Å². The summed E-state index contributed by atoms with van der Waals surface area (Å²) in [6.07, 6.45) is 5.40. The minimum atomic E-state index is -0.764. The van der Waals surface area contributed by atoms with Gasteiger partial charge in [0.05, 0.1) is 22.2 Å². The van der Waals surface area contributed by atoms with Crippen LogP contribution in [0.4, 0.5) is 10.2 Å². The van der Waals surface area contributed by atoms with Crippen LogP contribution in [0.2, 0.25) is 10.0 Å². The van der Waals surface area contributed by atoms with Crippen LogP contribution in [0.5, 0.6) is 5.75 Å². The molecule has 3 N–H and O–H groups in total. The number of nitrogens with one attached hydrogen (secondary N) is 1. The van der Waals surface area contributed by atoms with E-state index in [0.29, 0.717) is 27.7 Å². The summed E-state index contributed by atoms with van der Waals surface area (Å²) < 4.78 is 25.9. The molecule has 3 aromatic heterocycles. The highest BCUT2D eigenvalue weighted by Gasteiger charge is 2.24. The molecular formula is C25H23Cl2FN4O3. The van der Waals surface area contributed by atoms with Crippen molar-refractivity contribution >= 4 is 45.9 Å². The normalized spacial score (nSPS) is 12.5. The van der Waals surface area contributed by atoms with Gasteiger partial charge in [0.1, 0.15) is 11.9 Å². The largest absolute Gasteiger partial charge is 0.478 e. The second-order valence-corrected chi connectivity index (χ2v) is 9.83. The van der Waals surface area contributed by atoms with Crippen LogP contribution in [-0.4, -0.2) is 21.4 Å². The Kier molecular flexibility index (Phi) is 6.62. The summed E-state index contributed by atoms with van der Waals surface area (Å²) in [7, 11) is 0. The number of rotatable bonds is 5. The fraction of sp³-hybridized carbons (Fsp3) is 0.240. The van der Waals surface area contributed by atoms with E-state index in [1.54, 1.807) is 25.4 Å². The minimum Gasteiger partial charge on any atom is -0.478 e. The highest BCUT2D eigenvalue weighted by molar-refractivity contribution is 6.36. The van der Waals surface area contributed by atoms with Crippen molar-refractivity contribution in [2.75, 3.05) is 5.73 Å². The van der Waals surface area contributed by atoms with Gasteiger partial charge in [-0.05, 0) is 45.9 Å². The molecule has 1 amide bonds. The van der Waals surface area contributed by atoms with Crippen molar-refractivity contribution in [2.45, 2.75) is 39.3 Å². The molecular weight excluding hydrogens is 494 g/mol. The minimum absolute atomic E-state index is 0.0744. The molecule has 3 heterocycles. The number of aromatic nitrogens is 2.